The van der Waals surface area contributed by atoms with E-state index in [0.29, 0.717) is 0 Å². The molecule has 1 aromatic carbocycles. The number of nitrogens with two attached hydrogens (primary N) is 1. The normalized spacial score (nSPS) is 10.5. The molecule has 0 fully saturated rings. The zero-order chi connectivity index (χ0) is 16.1. The number of hydrogen-bond acceptors (Lipinski definition) is 3. The van der Waals surface area contributed by atoms with Crippen molar-refractivity contribution in [2.24, 2.45) is 5.73 Å². The molecule has 0 aliphatic heterocycles. The maximum atomic E-state index is 12.9. The lowest BCUT2D eigenvalue weighted by atomic mass is 10.0. The minimum absolute atomic E-state index is 0.0852. The molecule has 5 nitrogen and oxygen atoms in total. The molecule has 2 rings (SSSR count). The Morgan fingerprint density at radius 1 is 1.18 bits per heavy atom. The number of hydrogen-bond donors (Lipinski definition) is 2. The van der Waals surface area contributed by atoms with Crippen LogP contribution in [0.25, 0.3) is 0 Å². The summed E-state index contributed by atoms with van der Waals surface area (Å²) in [6.07, 6.45) is -1.54. The second-order valence-corrected chi connectivity index (χ2v) is 4.49. The number of carbonyl (C=O) groups excluding carboxylic acids is 2. The Balaban J connectivity index is 2.17. The van der Waals surface area contributed by atoms with Gasteiger partial charge in [-0.2, -0.15) is 0 Å². The van der Waals surface area contributed by atoms with E-state index in [1.165, 1.54) is 36.5 Å². The highest BCUT2D eigenvalue weighted by Crippen LogP contribution is 2.23. The predicted octanol–water partition coefficient (Wildman–Crippen LogP) is 2.30. The summed E-state index contributed by atoms with van der Waals surface area (Å²) < 4.78 is 25.7. The predicted molar refractivity (Wildman–Crippen MR) is 76.5 cm³/mol. The average Bonchev–Trinajstić information content (AvgIpc) is 2.47. The van der Waals surface area contributed by atoms with Crippen molar-refractivity contribution in [1.29, 1.82) is 0 Å². The molecule has 0 bridgehead atoms. The SMILES string of the molecule is NC(=O)c1ncccc1NC(=O)Cc1ccccc1C(F)F. The van der Waals surface area contributed by atoms with Crippen LogP contribution in [0.2, 0.25) is 0 Å². The van der Waals surface area contributed by atoms with E-state index >= 15 is 0 Å². The van der Waals surface area contributed by atoms with Gasteiger partial charge in [0.2, 0.25) is 5.91 Å². The Bertz CT molecular complexity index is 705. The third-order valence-corrected chi connectivity index (χ3v) is 2.96. The van der Waals surface area contributed by atoms with Gasteiger partial charge >= 0.3 is 0 Å². The van der Waals surface area contributed by atoms with Gasteiger partial charge in [0, 0.05) is 11.8 Å². The number of carbonyl (C=O) groups is 2. The molecule has 0 unspecified atom stereocenters. The number of benzene rings is 1. The summed E-state index contributed by atoms with van der Waals surface area (Å²) >= 11 is 0. The fourth-order valence-corrected chi connectivity index (χ4v) is 1.98. The first kappa shape index (κ1) is 15.6. The number of primary amides is 1. The molecular weight excluding hydrogens is 292 g/mol. The van der Waals surface area contributed by atoms with Gasteiger partial charge in [-0.15, -0.1) is 0 Å². The lowest BCUT2D eigenvalue weighted by molar-refractivity contribution is -0.115. The van der Waals surface area contributed by atoms with Gasteiger partial charge in [-0.1, -0.05) is 24.3 Å². The lowest BCUT2D eigenvalue weighted by Crippen LogP contribution is -2.21. The molecule has 22 heavy (non-hydrogen) atoms. The van der Waals surface area contributed by atoms with Crippen molar-refractivity contribution in [3.63, 3.8) is 0 Å². The lowest BCUT2D eigenvalue weighted by Gasteiger charge is -2.10. The van der Waals surface area contributed by atoms with Gasteiger partial charge in [0.15, 0.2) is 5.69 Å². The third-order valence-electron chi connectivity index (χ3n) is 2.96. The Morgan fingerprint density at radius 2 is 1.91 bits per heavy atom. The number of alkyl halides is 2. The van der Waals surface area contributed by atoms with E-state index in [4.69, 9.17) is 5.73 Å². The number of nitrogens with zero attached hydrogens (tertiary/aromatic N) is 1. The van der Waals surface area contributed by atoms with Crippen molar-refractivity contribution in [2.75, 3.05) is 5.32 Å². The van der Waals surface area contributed by atoms with Gasteiger partial charge in [-0.05, 0) is 17.7 Å². The topological polar surface area (TPSA) is 85.1 Å². The first-order valence-electron chi connectivity index (χ1n) is 6.39. The number of aromatic nitrogens is 1. The smallest absolute Gasteiger partial charge is 0.269 e. The number of amides is 2. The first-order valence-corrected chi connectivity index (χ1v) is 6.39. The van der Waals surface area contributed by atoms with Crippen LogP contribution in [0.1, 0.15) is 28.0 Å². The Morgan fingerprint density at radius 3 is 2.59 bits per heavy atom. The van der Waals surface area contributed by atoms with E-state index in [1.54, 1.807) is 6.07 Å². The third kappa shape index (κ3) is 3.63. The zero-order valence-corrected chi connectivity index (χ0v) is 11.4. The molecule has 0 spiro atoms. The van der Waals surface area contributed by atoms with Crippen LogP contribution in [0.4, 0.5) is 14.5 Å². The summed E-state index contributed by atoms with van der Waals surface area (Å²) in [6, 6.07) is 8.77. The summed E-state index contributed by atoms with van der Waals surface area (Å²) in [4.78, 5) is 27.0. The van der Waals surface area contributed by atoms with Crippen LogP contribution in [0.5, 0.6) is 0 Å². The summed E-state index contributed by atoms with van der Waals surface area (Å²) in [5.74, 6) is -1.33. The van der Waals surface area contributed by atoms with Crippen LogP contribution in [0, 0.1) is 0 Å². The first-order chi connectivity index (χ1) is 10.5. The van der Waals surface area contributed by atoms with Gasteiger partial charge < -0.3 is 11.1 Å². The highest BCUT2D eigenvalue weighted by Gasteiger charge is 2.16. The molecule has 114 valence electrons. The van der Waals surface area contributed by atoms with Crippen molar-refractivity contribution in [2.45, 2.75) is 12.8 Å². The minimum atomic E-state index is -2.66. The van der Waals surface area contributed by atoms with E-state index < -0.39 is 18.2 Å². The van der Waals surface area contributed by atoms with Crippen LogP contribution in [0.3, 0.4) is 0 Å². The highest BCUT2D eigenvalue weighted by molar-refractivity contribution is 6.01. The van der Waals surface area contributed by atoms with Crippen LogP contribution in [-0.4, -0.2) is 16.8 Å². The van der Waals surface area contributed by atoms with E-state index in [0.717, 1.165) is 0 Å². The largest absolute Gasteiger partial charge is 0.364 e. The molecule has 1 aromatic heterocycles. The highest BCUT2D eigenvalue weighted by atomic mass is 19.3. The number of anilines is 1. The summed E-state index contributed by atoms with van der Waals surface area (Å²) in [5.41, 5.74) is 5.24. The van der Waals surface area contributed by atoms with E-state index in [-0.39, 0.29) is 28.9 Å². The molecule has 7 heteroatoms. The van der Waals surface area contributed by atoms with Gasteiger partial charge in [-0.25, -0.2) is 13.8 Å². The van der Waals surface area contributed by atoms with Crippen LogP contribution in [0.15, 0.2) is 42.6 Å². The van der Waals surface area contributed by atoms with Crippen molar-refractivity contribution in [3.8, 4) is 0 Å². The van der Waals surface area contributed by atoms with Crippen LogP contribution in [-0.2, 0) is 11.2 Å². The fraction of sp³-hybridized carbons (Fsp3) is 0.133. The summed E-state index contributed by atoms with van der Waals surface area (Å²) in [7, 11) is 0. The molecular formula is C15H13F2N3O2. The Hall–Kier alpha value is -2.83. The van der Waals surface area contributed by atoms with E-state index in [1.807, 2.05) is 0 Å². The number of rotatable bonds is 5. The maximum absolute atomic E-state index is 12.9. The molecule has 0 saturated heterocycles. The van der Waals surface area contributed by atoms with Gasteiger partial charge in [0.1, 0.15) is 0 Å². The number of halogens is 2. The van der Waals surface area contributed by atoms with Gasteiger partial charge in [-0.3, -0.25) is 9.59 Å². The average molecular weight is 305 g/mol. The molecule has 0 atom stereocenters. The molecule has 0 aliphatic carbocycles. The molecule has 2 aromatic rings. The second kappa shape index (κ2) is 6.75. The van der Waals surface area contributed by atoms with Gasteiger partial charge in [0.25, 0.3) is 12.3 Å². The number of pyridine rings is 1. The molecule has 3 N–H and O–H groups in total. The number of nitrogens with one attached hydrogen (secondary N) is 1. The zero-order valence-electron chi connectivity index (χ0n) is 11.4. The van der Waals surface area contributed by atoms with Crippen molar-refractivity contribution < 1.29 is 18.4 Å². The standard InChI is InChI=1S/C15H13F2N3O2/c16-14(17)10-5-2-1-4-9(10)8-12(21)20-11-6-3-7-19-13(11)15(18)22/h1-7,14H,8H2,(H2,18,22)(H,20,21). The molecule has 0 aliphatic rings. The van der Waals surface area contributed by atoms with Gasteiger partial charge in [0.05, 0.1) is 12.1 Å². The minimum Gasteiger partial charge on any atom is -0.364 e. The fourth-order valence-electron chi connectivity index (χ4n) is 1.98. The van der Waals surface area contributed by atoms with E-state index in [2.05, 4.69) is 10.3 Å². The summed E-state index contributed by atoms with van der Waals surface area (Å²) in [6.45, 7) is 0. The second-order valence-electron chi connectivity index (χ2n) is 4.49. The Labute approximate surface area is 125 Å². The monoisotopic (exact) mass is 305 g/mol. The van der Waals surface area contributed by atoms with Crippen molar-refractivity contribution in [1.82, 2.24) is 4.98 Å². The van der Waals surface area contributed by atoms with Crippen molar-refractivity contribution in [3.05, 3.63) is 59.4 Å². The molecule has 2 amide bonds. The molecule has 0 radical (unpaired) electrons. The van der Waals surface area contributed by atoms with Crippen molar-refractivity contribution >= 4 is 17.5 Å². The van der Waals surface area contributed by atoms with E-state index in [9.17, 15) is 18.4 Å². The summed E-state index contributed by atoms with van der Waals surface area (Å²) in [5, 5.41) is 2.46. The molecule has 1 heterocycles. The quantitative estimate of drug-likeness (QED) is 0.889. The maximum Gasteiger partial charge on any atom is 0.269 e. The van der Waals surface area contributed by atoms with Crippen LogP contribution < -0.4 is 11.1 Å². The van der Waals surface area contributed by atoms with Crippen LogP contribution >= 0.6 is 0 Å². The molecule has 0 saturated carbocycles. The Kier molecular flexibility index (Phi) is 4.77.